The Morgan fingerprint density at radius 2 is 1.52 bits per heavy atom. The Labute approximate surface area is 249 Å². The molecule has 1 heterocycles. The molecular weight excluding hydrogens is 591 g/mol. The molecule has 0 saturated carbocycles. The molecule has 0 spiro atoms. The maximum atomic E-state index is 13.6. The van der Waals surface area contributed by atoms with Gasteiger partial charge in [0.25, 0.3) is 15.9 Å². The number of halogens is 3. The molecule has 0 aliphatic heterocycles. The SMILES string of the molecule is Cc1ccc(N(CC(=O)N/N=C\c2cc(C)n(-c3cc(Cl)cc(Cl)c3)c2C)S(=O)(=O)c2ccc(Cl)cc2)cc1C. The molecule has 1 aromatic heterocycles. The van der Waals surface area contributed by atoms with E-state index in [0.717, 1.165) is 38.1 Å². The summed E-state index contributed by atoms with van der Waals surface area (Å²) in [4.78, 5) is 13.0. The molecule has 11 heteroatoms. The lowest BCUT2D eigenvalue weighted by atomic mass is 10.1. The molecule has 4 aromatic rings. The van der Waals surface area contributed by atoms with Crippen molar-refractivity contribution in [2.24, 2.45) is 5.10 Å². The molecule has 0 bridgehead atoms. The van der Waals surface area contributed by atoms with E-state index in [1.807, 2.05) is 44.4 Å². The Hall–Kier alpha value is -3.30. The smallest absolute Gasteiger partial charge is 0.264 e. The highest BCUT2D eigenvalue weighted by atomic mass is 35.5. The Kier molecular flexibility index (Phi) is 8.95. The lowest BCUT2D eigenvalue weighted by Crippen LogP contribution is -2.39. The zero-order valence-corrected chi connectivity index (χ0v) is 25.3. The van der Waals surface area contributed by atoms with Crippen molar-refractivity contribution in [3.8, 4) is 5.69 Å². The Balaban J connectivity index is 1.58. The van der Waals surface area contributed by atoms with Gasteiger partial charge in [0, 0.05) is 37.7 Å². The van der Waals surface area contributed by atoms with Crippen molar-refractivity contribution < 1.29 is 13.2 Å². The highest BCUT2D eigenvalue weighted by Crippen LogP contribution is 2.27. The molecule has 1 N–H and O–H groups in total. The molecule has 0 radical (unpaired) electrons. The minimum atomic E-state index is -4.08. The van der Waals surface area contributed by atoms with Crippen molar-refractivity contribution in [2.45, 2.75) is 32.6 Å². The molecule has 40 heavy (non-hydrogen) atoms. The van der Waals surface area contributed by atoms with E-state index in [0.29, 0.717) is 20.8 Å². The first-order valence-electron chi connectivity index (χ1n) is 12.2. The van der Waals surface area contributed by atoms with Crippen LogP contribution in [-0.2, 0) is 14.8 Å². The number of hydrogen-bond donors (Lipinski definition) is 1. The Morgan fingerprint density at radius 3 is 2.15 bits per heavy atom. The zero-order valence-electron chi connectivity index (χ0n) is 22.2. The first-order valence-corrected chi connectivity index (χ1v) is 14.8. The molecule has 0 saturated heterocycles. The average Bonchev–Trinajstić information content (AvgIpc) is 3.16. The number of rotatable bonds is 8. The van der Waals surface area contributed by atoms with Gasteiger partial charge in [-0.2, -0.15) is 5.10 Å². The fourth-order valence-electron chi connectivity index (χ4n) is 4.25. The number of hydrogen-bond acceptors (Lipinski definition) is 4. The predicted octanol–water partition coefficient (Wildman–Crippen LogP) is 7.02. The van der Waals surface area contributed by atoms with E-state index in [1.165, 1.54) is 30.5 Å². The highest BCUT2D eigenvalue weighted by Gasteiger charge is 2.27. The summed E-state index contributed by atoms with van der Waals surface area (Å²) in [5.41, 5.74) is 8.04. The van der Waals surface area contributed by atoms with Gasteiger partial charge in [-0.05, 0) is 99.5 Å². The molecule has 208 valence electrons. The van der Waals surface area contributed by atoms with Gasteiger partial charge in [0.05, 0.1) is 16.8 Å². The van der Waals surface area contributed by atoms with E-state index in [1.54, 1.807) is 30.3 Å². The zero-order chi connectivity index (χ0) is 29.2. The van der Waals surface area contributed by atoms with E-state index in [-0.39, 0.29) is 4.90 Å². The van der Waals surface area contributed by atoms with Gasteiger partial charge >= 0.3 is 0 Å². The van der Waals surface area contributed by atoms with Gasteiger partial charge in [-0.25, -0.2) is 13.8 Å². The van der Waals surface area contributed by atoms with Crippen LogP contribution in [0.3, 0.4) is 0 Å². The minimum absolute atomic E-state index is 0.0139. The molecule has 0 aliphatic rings. The van der Waals surface area contributed by atoms with Crippen LogP contribution in [0.1, 0.15) is 28.1 Å². The molecule has 0 fully saturated rings. The lowest BCUT2D eigenvalue weighted by molar-refractivity contribution is -0.119. The monoisotopic (exact) mass is 616 g/mol. The van der Waals surface area contributed by atoms with Gasteiger partial charge in [0.2, 0.25) is 0 Å². The summed E-state index contributed by atoms with van der Waals surface area (Å²) in [6, 6.07) is 18.2. The number of carbonyl (C=O) groups excluding carboxylic acids is 1. The van der Waals surface area contributed by atoms with Crippen LogP contribution < -0.4 is 9.73 Å². The molecule has 0 atom stereocenters. The number of amides is 1. The summed E-state index contributed by atoms with van der Waals surface area (Å²) in [6.07, 6.45) is 1.51. The molecule has 0 aliphatic carbocycles. The van der Waals surface area contributed by atoms with Gasteiger partial charge < -0.3 is 4.57 Å². The van der Waals surface area contributed by atoms with E-state index in [4.69, 9.17) is 34.8 Å². The van der Waals surface area contributed by atoms with Crippen molar-refractivity contribution >= 4 is 62.6 Å². The summed E-state index contributed by atoms with van der Waals surface area (Å²) in [5, 5.41) is 5.53. The number of sulfonamides is 1. The van der Waals surface area contributed by atoms with Crippen molar-refractivity contribution in [2.75, 3.05) is 10.8 Å². The second-order valence-corrected chi connectivity index (χ2v) is 12.5. The second-order valence-electron chi connectivity index (χ2n) is 9.32. The second kappa shape index (κ2) is 12.1. The normalized spacial score (nSPS) is 11.7. The number of carbonyl (C=O) groups is 1. The summed E-state index contributed by atoms with van der Waals surface area (Å²) < 4.78 is 30.2. The quantitative estimate of drug-likeness (QED) is 0.170. The third-order valence-electron chi connectivity index (χ3n) is 6.44. The number of anilines is 1. The molecule has 1 amide bonds. The van der Waals surface area contributed by atoms with Gasteiger partial charge in [-0.3, -0.25) is 9.10 Å². The van der Waals surface area contributed by atoms with E-state index in [9.17, 15) is 13.2 Å². The maximum absolute atomic E-state index is 13.6. The summed E-state index contributed by atoms with van der Waals surface area (Å²) in [5.74, 6) is -0.609. The summed E-state index contributed by atoms with van der Waals surface area (Å²) in [7, 11) is -4.08. The van der Waals surface area contributed by atoms with Crippen molar-refractivity contribution in [3.05, 3.63) is 110 Å². The molecule has 0 unspecified atom stereocenters. The van der Waals surface area contributed by atoms with Gasteiger partial charge in [-0.15, -0.1) is 0 Å². The fourth-order valence-corrected chi connectivity index (χ4v) is 6.31. The maximum Gasteiger partial charge on any atom is 0.264 e. The van der Waals surface area contributed by atoms with E-state index < -0.39 is 22.5 Å². The Morgan fingerprint density at radius 1 is 0.875 bits per heavy atom. The molecule has 4 rings (SSSR count). The van der Waals surface area contributed by atoms with Crippen LogP contribution in [0.15, 0.2) is 76.7 Å². The van der Waals surface area contributed by atoms with Crippen molar-refractivity contribution in [1.29, 1.82) is 0 Å². The number of hydrazone groups is 1. The number of benzene rings is 3. The van der Waals surface area contributed by atoms with E-state index in [2.05, 4.69) is 10.5 Å². The van der Waals surface area contributed by atoms with E-state index >= 15 is 0 Å². The van der Waals surface area contributed by atoms with Crippen LogP contribution in [0.5, 0.6) is 0 Å². The number of aryl methyl sites for hydroxylation is 3. The first-order chi connectivity index (χ1) is 18.9. The standard InChI is InChI=1S/C29H27Cl3N4O3S/c1-18-5-8-26(11-19(18)2)35(40(38,39)28-9-6-23(30)7-10-28)17-29(37)34-33-16-22-12-20(3)36(21(22)4)27-14-24(31)13-25(32)15-27/h5-16H,17H2,1-4H3,(H,34,37)/b33-16-. The number of nitrogens with one attached hydrogen (secondary N) is 1. The topological polar surface area (TPSA) is 83.8 Å². The Bertz CT molecular complexity index is 1700. The van der Waals surface area contributed by atoms with Gasteiger partial charge in [-0.1, -0.05) is 40.9 Å². The van der Waals surface area contributed by atoms with Crippen molar-refractivity contribution in [1.82, 2.24) is 9.99 Å². The molecule has 3 aromatic carbocycles. The summed E-state index contributed by atoms with van der Waals surface area (Å²) in [6.45, 7) is 7.16. The van der Waals surface area contributed by atoms with Crippen LogP contribution in [0.4, 0.5) is 5.69 Å². The average molecular weight is 618 g/mol. The number of aromatic nitrogens is 1. The predicted molar refractivity (Wildman–Crippen MR) is 163 cm³/mol. The number of nitrogens with zero attached hydrogens (tertiary/aromatic N) is 3. The first kappa shape index (κ1) is 29.7. The van der Waals surface area contributed by atoms with Crippen LogP contribution in [-0.4, -0.2) is 31.7 Å². The van der Waals surface area contributed by atoms with Gasteiger partial charge in [0.1, 0.15) is 6.54 Å². The summed E-state index contributed by atoms with van der Waals surface area (Å²) >= 11 is 18.3. The molecular formula is C29H27Cl3N4O3S. The van der Waals surface area contributed by atoms with Crippen LogP contribution in [0.25, 0.3) is 5.69 Å². The minimum Gasteiger partial charge on any atom is -0.318 e. The fraction of sp³-hybridized carbons (Fsp3) is 0.172. The third-order valence-corrected chi connectivity index (χ3v) is 8.91. The highest BCUT2D eigenvalue weighted by molar-refractivity contribution is 7.92. The lowest BCUT2D eigenvalue weighted by Gasteiger charge is -2.24. The van der Waals surface area contributed by atoms with Crippen LogP contribution >= 0.6 is 34.8 Å². The molecule has 7 nitrogen and oxygen atoms in total. The van der Waals surface area contributed by atoms with Crippen LogP contribution in [0.2, 0.25) is 15.1 Å². The van der Waals surface area contributed by atoms with Crippen LogP contribution in [0, 0.1) is 27.7 Å². The van der Waals surface area contributed by atoms with Gasteiger partial charge in [0.15, 0.2) is 0 Å². The largest absolute Gasteiger partial charge is 0.318 e. The van der Waals surface area contributed by atoms with Crippen molar-refractivity contribution in [3.63, 3.8) is 0 Å². The third kappa shape index (κ3) is 6.53.